The van der Waals surface area contributed by atoms with Crippen molar-refractivity contribution in [2.45, 2.75) is 13.1 Å². The van der Waals surface area contributed by atoms with Gasteiger partial charge in [-0.25, -0.2) is 9.29 Å². The van der Waals surface area contributed by atoms with Crippen LogP contribution in [0.4, 0.5) is 0 Å². The Kier molecular flexibility index (Phi) is 2.27. The Labute approximate surface area is 98.1 Å². The minimum Gasteiger partial charge on any atom is -0.242 e. The maximum atomic E-state index is 4.64. The summed E-state index contributed by atoms with van der Waals surface area (Å²) in [4.78, 5) is 5.99. The molecule has 1 aliphatic rings. The molecular formula is C11H10N2S2. The molecule has 1 aromatic carbocycles. The number of aromatic nitrogens is 1. The Morgan fingerprint density at radius 2 is 2.00 bits per heavy atom. The van der Waals surface area contributed by atoms with Crippen molar-refractivity contribution in [1.82, 2.24) is 9.29 Å². The molecule has 76 valence electrons. The fraction of sp³-hybridized carbons (Fsp3) is 0.182. The Morgan fingerprint density at radius 1 is 1.20 bits per heavy atom. The Hall–Kier alpha value is -0.840. The van der Waals surface area contributed by atoms with Crippen molar-refractivity contribution in [3.63, 3.8) is 0 Å². The molecule has 0 unspecified atom stereocenters. The zero-order chi connectivity index (χ0) is 10.3. The van der Waals surface area contributed by atoms with Crippen LogP contribution in [0.25, 0.3) is 10.6 Å². The maximum Gasteiger partial charge on any atom is 0.123 e. The molecule has 0 saturated carbocycles. The van der Waals surface area contributed by atoms with Gasteiger partial charge in [0.25, 0.3) is 0 Å². The molecule has 0 amide bonds. The van der Waals surface area contributed by atoms with Crippen LogP contribution in [0, 0.1) is 0 Å². The molecule has 0 N–H and O–H groups in total. The van der Waals surface area contributed by atoms with Gasteiger partial charge in [0.2, 0.25) is 0 Å². The van der Waals surface area contributed by atoms with Crippen LogP contribution in [0.15, 0.2) is 30.3 Å². The first-order chi connectivity index (χ1) is 7.33. The number of hydrogen-bond acceptors (Lipinski definition) is 4. The number of rotatable bonds is 1. The van der Waals surface area contributed by atoms with E-state index in [2.05, 4.69) is 29.9 Å². The highest BCUT2D eigenvalue weighted by molar-refractivity contribution is 7.77. The van der Waals surface area contributed by atoms with Gasteiger partial charge in [0.1, 0.15) is 5.01 Å². The molecule has 2 heterocycles. The van der Waals surface area contributed by atoms with E-state index in [4.69, 9.17) is 0 Å². The molecule has 0 radical (unpaired) electrons. The SMILES string of the molecule is SN1Cc2nc(-c3ccccc3)sc2C1. The summed E-state index contributed by atoms with van der Waals surface area (Å²) in [6, 6.07) is 10.3. The van der Waals surface area contributed by atoms with Crippen molar-refractivity contribution in [3.8, 4) is 10.6 Å². The van der Waals surface area contributed by atoms with Crippen molar-refractivity contribution in [2.24, 2.45) is 0 Å². The molecule has 0 fully saturated rings. The molecular weight excluding hydrogens is 224 g/mol. The number of hydrogen-bond donors (Lipinski definition) is 1. The molecule has 0 spiro atoms. The molecule has 0 saturated heterocycles. The second-order valence-electron chi connectivity index (χ2n) is 3.58. The van der Waals surface area contributed by atoms with E-state index in [9.17, 15) is 0 Å². The monoisotopic (exact) mass is 234 g/mol. The minimum absolute atomic E-state index is 0.863. The number of fused-ring (bicyclic) bond motifs is 1. The van der Waals surface area contributed by atoms with E-state index in [0.717, 1.165) is 18.1 Å². The normalized spacial score (nSPS) is 15.5. The standard InChI is InChI=1S/C11H10N2S2/c14-13-6-9-10(7-13)15-11(12-9)8-4-2-1-3-5-8/h1-5,14H,6-7H2. The van der Waals surface area contributed by atoms with Gasteiger partial charge in [0, 0.05) is 17.0 Å². The van der Waals surface area contributed by atoms with Crippen LogP contribution >= 0.6 is 24.2 Å². The van der Waals surface area contributed by atoms with Crippen molar-refractivity contribution in [3.05, 3.63) is 40.9 Å². The van der Waals surface area contributed by atoms with Crippen LogP contribution in [-0.4, -0.2) is 9.29 Å². The highest BCUT2D eigenvalue weighted by atomic mass is 32.1. The smallest absolute Gasteiger partial charge is 0.123 e. The first-order valence-electron chi connectivity index (χ1n) is 4.81. The molecule has 0 bridgehead atoms. The van der Waals surface area contributed by atoms with Crippen LogP contribution in [0.1, 0.15) is 10.6 Å². The third-order valence-electron chi connectivity index (χ3n) is 2.46. The quantitative estimate of drug-likeness (QED) is 0.764. The predicted octanol–water partition coefficient (Wildman–Crippen LogP) is 2.97. The topological polar surface area (TPSA) is 16.1 Å². The first kappa shape index (κ1) is 9.39. The summed E-state index contributed by atoms with van der Waals surface area (Å²) in [5.41, 5.74) is 2.40. The van der Waals surface area contributed by atoms with Crippen LogP contribution < -0.4 is 0 Å². The molecule has 15 heavy (non-hydrogen) atoms. The lowest BCUT2D eigenvalue weighted by Gasteiger charge is -2.02. The average Bonchev–Trinajstić information content (AvgIpc) is 2.76. The van der Waals surface area contributed by atoms with E-state index < -0.39 is 0 Å². The Bertz CT molecular complexity index is 455. The maximum absolute atomic E-state index is 4.64. The molecule has 3 rings (SSSR count). The third-order valence-corrected chi connectivity index (χ3v) is 3.87. The number of thiol groups is 1. The molecule has 2 aromatic rings. The lowest BCUT2D eigenvalue weighted by Crippen LogP contribution is -2.00. The fourth-order valence-electron chi connectivity index (χ4n) is 1.73. The van der Waals surface area contributed by atoms with Crippen molar-refractivity contribution in [1.29, 1.82) is 0 Å². The van der Waals surface area contributed by atoms with Gasteiger partial charge in [0.05, 0.1) is 12.2 Å². The Morgan fingerprint density at radius 3 is 2.73 bits per heavy atom. The second kappa shape index (κ2) is 3.63. The van der Waals surface area contributed by atoms with Gasteiger partial charge in [-0.3, -0.25) is 0 Å². The summed E-state index contributed by atoms with van der Waals surface area (Å²) in [6.45, 7) is 1.78. The summed E-state index contributed by atoms with van der Waals surface area (Å²) in [6.07, 6.45) is 0. The summed E-state index contributed by atoms with van der Waals surface area (Å²) >= 11 is 6.10. The van der Waals surface area contributed by atoms with Crippen LogP contribution in [-0.2, 0) is 13.1 Å². The molecule has 1 aromatic heterocycles. The Balaban J connectivity index is 2.00. The van der Waals surface area contributed by atoms with Crippen LogP contribution in [0.2, 0.25) is 0 Å². The lowest BCUT2D eigenvalue weighted by molar-refractivity contribution is 0.514. The highest BCUT2D eigenvalue weighted by Crippen LogP contribution is 2.33. The highest BCUT2D eigenvalue weighted by Gasteiger charge is 2.21. The van der Waals surface area contributed by atoms with Crippen molar-refractivity contribution >= 4 is 24.2 Å². The van der Waals surface area contributed by atoms with Gasteiger partial charge in [-0.05, 0) is 0 Å². The van der Waals surface area contributed by atoms with E-state index in [1.54, 1.807) is 11.3 Å². The number of thiazole rings is 1. The summed E-state index contributed by atoms with van der Waals surface area (Å²) < 4.78 is 1.99. The van der Waals surface area contributed by atoms with E-state index in [1.165, 1.54) is 16.1 Å². The molecule has 2 nitrogen and oxygen atoms in total. The number of benzene rings is 1. The molecule has 1 aliphatic heterocycles. The summed E-state index contributed by atoms with van der Waals surface area (Å²) in [7, 11) is 0. The average molecular weight is 234 g/mol. The van der Waals surface area contributed by atoms with Gasteiger partial charge >= 0.3 is 0 Å². The molecule has 0 aliphatic carbocycles. The number of nitrogens with zero attached hydrogens (tertiary/aromatic N) is 2. The first-order valence-corrected chi connectivity index (χ1v) is 6.02. The predicted molar refractivity (Wildman–Crippen MR) is 65.8 cm³/mol. The van der Waals surface area contributed by atoms with E-state index in [1.807, 2.05) is 22.5 Å². The van der Waals surface area contributed by atoms with Crippen molar-refractivity contribution < 1.29 is 0 Å². The minimum atomic E-state index is 0.863. The van der Waals surface area contributed by atoms with Gasteiger partial charge in [0.15, 0.2) is 0 Å². The second-order valence-corrected chi connectivity index (χ2v) is 5.23. The van der Waals surface area contributed by atoms with E-state index >= 15 is 0 Å². The van der Waals surface area contributed by atoms with E-state index in [-0.39, 0.29) is 0 Å². The third kappa shape index (κ3) is 1.69. The molecule has 4 heteroatoms. The van der Waals surface area contributed by atoms with Gasteiger partial charge in [-0.15, -0.1) is 11.3 Å². The zero-order valence-electron chi connectivity index (χ0n) is 8.05. The van der Waals surface area contributed by atoms with E-state index in [0.29, 0.717) is 0 Å². The van der Waals surface area contributed by atoms with Gasteiger partial charge in [-0.2, -0.15) is 0 Å². The van der Waals surface area contributed by atoms with Gasteiger partial charge in [-0.1, -0.05) is 43.1 Å². The van der Waals surface area contributed by atoms with Crippen LogP contribution in [0.5, 0.6) is 0 Å². The summed E-state index contributed by atoms with van der Waals surface area (Å²) in [5, 5.41) is 1.13. The van der Waals surface area contributed by atoms with Gasteiger partial charge < -0.3 is 0 Å². The molecule has 0 atom stereocenters. The largest absolute Gasteiger partial charge is 0.242 e. The fourth-order valence-corrected chi connectivity index (χ4v) is 3.19. The zero-order valence-corrected chi connectivity index (χ0v) is 9.76. The van der Waals surface area contributed by atoms with Crippen LogP contribution in [0.3, 0.4) is 0 Å². The van der Waals surface area contributed by atoms with Crippen molar-refractivity contribution in [2.75, 3.05) is 0 Å². The summed E-state index contributed by atoms with van der Waals surface area (Å²) in [5.74, 6) is 0. The lowest BCUT2D eigenvalue weighted by atomic mass is 10.2.